The molecule has 1 rings (SSSR count). The molecule has 0 aromatic heterocycles. The highest BCUT2D eigenvalue weighted by Crippen LogP contribution is 2.25. The summed E-state index contributed by atoms with van der Waals surface area (Å²) < 4.78 is 0. The Morgan fingerprint density at radius 1 is 1.38 bits per heavy atom. The lowest BCUT2D eigenvalue weighted by Crippen LogP contribution is -2.23. The van der Waals surface area contributed by atoms with Crippen molar-refractivity contribution >= 4 is 0 Å². The van der Waals surface area contributed by atoms with Crippen molar-refractivity contribution in [3.8, 4) is 11.8 Å². The summed E-state index contributed by atoms with van der Waals surface area (Å²) in [7, 11) is 0. The largest absolute Gasteiger partial charge is 0.314 e. The fraction of sp³-hybridized carbons (Fsp3) is 0.833. The molecule has 0 aromatic carbocycles. The van der Waals surface area contributed by atoms with Crippen LogP contribution in [0.1, 0.15) is 46.5 Å². The predicted octanol–water partition coefficient (Wildman–Crippen LogP) is 2.57. The molecule has 0 amide bonds. The lowest BCUT2D eigenvalue weighted by atomic mass is 9.86. The predicted molar refractivity (Wildman–Crippen MR) is 57.5 cm³/mol. The van der Waals surface area contributed by atoms with Gasteiger partial charge in [-0.2, -0.15) is 0 Å². The third-order valence-corrected chi connectivity index (χ3v) is 2.56. The summed E-state index contributed by atoms with van der Waals surface area (Å²) in [6, 6.07) is 0.841. The molecule has 0 aromatic rings. The number of nitrogens with one attached hydrogen (secondary N) is 1. The van der Waals surface area contributed by atoms with Crippen molar-refractivity contribution in [1.29, 1.82) is 0 Å². The van der Waals surface area contributed by atoms with E-state index in [0.29, 0.717) is 5.41 Å². The molecule has 0 spiro atoms. The molecule has 0 bridgehead atoms. The molecule has 0 unspecified atom stereocenters. The van der Waals surface area contributed by atoms with Crippen LogP contribution in [0.25, 0.3) is 0 Å². The van der Waals surface area contributed by atoms with E-state index < -0.39 is 0 Å². The number of hydrogen-bond acceptors (Lipinski definition) is 1. The Kier molecular flexibility index (Phi) is 3.81. The molecule has 0 aliphatic heterocycles. The molecule has 1 saturated carbocycles. The van der Waals surface area contributed by atoms with E-state index in [1.165, 1.54) is 19.3 Å². The molecule has 0 radical (unpaired) electrons. The minimum atomic E-state index is 0.380. The van der Waals surface area contributed by atoms with Gasteiger partial charge in [-0.05, 0) is 38.1 Å². The van der Waals surface area contributed by atoms with Gasteiger partial charge in [0.1, 0.15) is 0 Å². The highest BCUT2D eigenvalue weighted by atomic mass is 14.9. The van der Waals surface area contributed by atoms with E-state index in [-0.39, 0.29) is 0 Å². The van der Waals surface area contributed by atoms with Crippen molar-refractivity contribution in [3.63, 3.8) is 0 Å². The lowest BCUT2D eigenvalue weighted by Gasteiger charge is -2.21. The minimum absolute atomic E-state index is 0.380. The first-order valence-electron chi connectivity index (χ1n) is 5.27. The SMILES string of the molecule is CC#CCC(C)(C)CCNC1CC1. The maximum absolute atomic E-state index is 3.54. The van der Waals surface area contributed by atoms with Gasteiger partial charge in [0, 0.05) is 12.5 Å². The Morgan fingerprint density at radius 3 is 2.62 bits per heavy atom. The van der Waals surface area contributed by atoms with Crippen molar-refractivity contribution in [2.75, 3.05) is 6.54 Å². The fourth-order valence-corrected chi connectivity index (χ4v) is 1.32. The fourth-order valence-electron chi connectivity index (χ4n) is 1.32. The van der Waals surface area contributed by atoms with Crippen LogP contribution in [-0.2, 0) is 0 Å². The second-order valence-corrected chi connectivity index (χ2v) is 4.75. The van der Waals surface area contributed by atoms with Crippen molar-refractivity contribution in [1.82, 2.24) is 5.32 Å². The van der Waals surface area contributed by atoms with E-state index in [4.69, 9.17) is 0 Å². The average molecular weight is 179 g/mol. The van der Waals surface area contributed by atoms with Gasteiger partial charge < -0.3 is 5.32 Å². The Balaban J connectivity index is 2.10. The topological polar surface area (TPSA) is 12.0 Å². The third kappa shape index (κ3) is 4.95. The quantitative estimate of drug-likeness (QED) is 0.640. The van der Waals surface area contributed by atoms with Crippen LogP contribution in [0.2, 0.25) is 0 Å². The Morgan fingerprint density at radius 2 is 2.08 bits per heavy atom. The number of rotatable bonds is 5. The molecule has 1 nitrogen and oxygen atoms in total. The van der Waals surface area contributed by atoms with Crippen LogP contribution in [0.3, 0.4) is 0 Å². The van der Waals surface area contributed by atoms with Crippen molar-refractivity contribution < 1.29 is 0 Å². The van der Waals surface area contributed by atoms with Gasteiger partial charge in [-0.25, -0.2) is 0 Å². The van der Waals surface area contributed by atoms with Crippen LogP contribution < -0.4 is 5.32 Å². The Hall–Kier alpha value is -0.480. The summed E-state index contributed by atoms with van der Waals surface area (Å²) in [4.78, 5) is 0. The van der Waals surface area contributed by atoms with Gasteiger partial charge >= 0.3 is 0 Å². The normalized spacial score (nSPS) is 16.5. The van der Waals surface area contributed by atoms with Gasteiger partial charge in [0.15, 0.2) is 0 Å². The third-order valence-electron chi connectivity index (χ3n) is 2.56. The average Bonchev–Trinajstić information content (AvgIpc) is 2.84. The van der Waals surface area contributed by atoms with Crippen LogP contribution in [-0.4, -0.2) is 12.6 Å². The molecule has 0 heterocycles. The molecular weight excluding hydrogens is 158 g/mol. The van der Waals surface area contributed by atoms with Gasteiger partial charge in [0.25, 0.3) is 0 Å². The summed E-state index contributed by atoms with van der Waals surface area (Å²) in [6.07, 6.45) is 5.03. The molecule has 1 fully saturated rings. The summed E-state index contributed by atoms with van der Waals surface area (Å²) in [5.41, 5.74) is 0.380. The van der Waals surface area contributed by atoms with Crippen molar-refractivity contribution in [3.05, 3.63) is 0 Å². The maximum Gasteiger partial charge on any atom is 0.0140 e. The van der Waals surface area contributed by atoms with E-state index in [1.54, 1.807) is 0 Å². The summed E-state index contributed by atoms with van der Waals surface area (Å²) in [6.45, 7) is 7.67. The molecule has 1 heteroatoms. The first-order valence-corrected chi connectivity index (χ1v) is 5.27. The van der Waals surface area contributed by atoms with E-state index in [0.717, 1.165) is 19.0 Å². The molecule has 74 valence electrons. The van der Waals surface area contributed by atoms with Crippen molar-refractivity contribution in [2.24, 2.45) is 5.41 Å². The second-order valence-electron chi connectivity index (χ2n) is 4.75. The highest BCUT2D eigenvalue weighted by Gasteiger charge is 2.22. The summed E-state index contributed by atoms with van der Waals surface area (Å²) >= 11 is 0. The maximum atomic E-state index is 3.54. The molecular formula is C12H21N. The van der Waals surface area contributed by atoms with Gasteiger partial charge in [-0.15, -0.1) is 11.8 Å². The zero-order valence-corrected chi connectivity index (χ0v) is 9.11. The zero-order chi connectivity index (χ0) is 9.73. The monoisotopic (exact) mass is 179 g/mol. The standard InChI is InChI=1S/C12H21N/c1-4-5-8-12(2,3)9-10-13-11-6-7-11/h11,13H,6-10H2,1-3H3. The molecule has 1 aliphatic rings. The zero-order valence-electron chi connectivity index (χ0n) is 9.11. The number of hydrogen-bond donors (Lipinski definition) is 1. The van der Waals surface area contributed by atoms with Crippen LogP contribution in [0.4, 0.5) is 0 Å². The van der Waals surface area contributed by atoms with Crippen LogP contribution in [0, 0.1) is 17.3 Å². The van der Waals surface area contributed by atoms with Crippen molar-refractivity contribution in [2.45, 2.75) is 52.5 Å². The van der Waals surface area contributed by atoms with Crippen LogP contribution >= 0.6 is 0 Å². The van der Waals surface area contributed by atoms with E-state index in [2.05, 4.69) is 31.0 Å². The smallest absolute Gasteiger partial charge is 0.0140 e. The first kappa shape index (κ1) is 10.6. The molecule has 0 saturated heterocycles. The van der Waals surface area contributed by atoms with Crippen LogP contribution in [0.15, 0.2) is 0 Å². The summed E-state index contributed by atoms with van der Waals surface area (Å²) in [5.74, 6) is 6.13. The molecule has 13 heavy (non-hydrogen) atoms. The highest BCUT2D eigenvalue weighted by molar-refractivity contribution is 4.98. The van der Waals surface area contributed by atoms with E-state index >= 15 is 0 Å². The summed E-state index contributed by atoms with van der Waals surface area (Å²) in [5, 5.41) is 3.54. The van der Waals surface area contributed by atoms with Gasteiger partial charge in [0.2, 0.25) is 0 Å². The first-order chi connectivity index (χ1) is 6.14. The Bertz CT molecular complexity index is 203. The van der Waals surface area contributed by atoms with Gasteiger partial charge in [0.05, 0.1) is 0 Å². The van der Waals surface area contributed by atoms with E-state index in [1.807, 2.05) is 6.92 Å². The Labute approximate surface area is 82.3 Å². The molecule has 1 aliphatic carbocycles. The van der Waals surface area contributed by atoms with Gasteiger partial charge in [-0.1, -0.05) is 13.8 Å². The lowest BCUT2D eigenvalue weighted by molar-refractivity contribution is 0.336. The molecule has 0 atom stereocenters. The van der Waals surface area contributed by atoms with E-state index in [9.17, 15) is 0 Å². The minimum Gasteiger partial charge on any atom is -0.314 e. The van der Waals surface area contributed by atoms with Crippen LogP contribution in [0.5, 0.6) is 0 Å². The molecule has 1 N–H and O–H groups in total. The second kappa shape index (κ2) is 4.67. The van der Waals surface area contributed by atoms with Gasteiger partial charge in [-0.3, -0.25) is 0 Å².